The van der Waals surface area contributed by atoms with Crippen molar-refractivity contribution in [1.82, 2.24) is 15.1 Å². The summed E-state index contributed by atoms with van der Waals surface area (Å²) >= 11 is 0. The Bertz CT molecular complexity index is 187. The van der Waals surface area contributed by atoms with Gasteiger partial charge in [-0.1, -0.05) is 0 Å². The lowest BCUT2D eigenvalue weighted by Gasteiger charge is -2.49. The summed E-state index contributed by atoms with van der Waals surface area (Å²) in [5.74, 6) is 0. The highest BCUT2D eigenvalue weighted by atomic mass is 15.2. The van der Waals surface area contributed by atoms with Crippen molar-refractivity contribution in [3.05, 3.63) is 0 Å². The van der Waals surface area contributed by atoms with Gasteiger partial charge in [0, 0.05) is 24.7 Å². The average Bonchev–Trinajstić information content (AvgIpc) is 2.10. The summed E-state index contributed by atoms with van der Waals surface area (Å²) in [7, 11) is 8.70. The van der Waals surface area contributed by atoms with E-state index in [2.05, 4.69) is 43.2 Å². The first-order chi connectivity index (χ1) is 7.00. The van der Waals surface area contributed by atoms with Crippen molar-refractivity contribution in [3.63, 3.8) is 0 Å². The zero-order chi connectivity index (χ0) is 11.5. The predicted molar refractivity (Wildman–Crippen MR) is 66.3 cm³/mol. The fourth-order valence-corrected chi connectivity index (χ4v) is 2.46. The minimum Gasteiger partial charge on any atom is -0.316 e. The third-order valence-corrected chi connectivity index (χ3v) is 3.88. The molecule has 1 unspecified atom stereocenters. The van der Waals surface area contributed by atoms with Crippen molar-refractivity contribution in [2.75, 3.05) is 41.3 Å². The molecule has 0 aliphatic heterocycles. The molecular weight excluding hydrogens is 186 g/mol. The van der Waals surface area contributed by atoms with Crippen molar-refractivity contribution in [3.8, 4) is 0 Å². The molecule has 0 aromatic carbocycles. The molecule has 0 bridgehead atoms. The third-order valence-electron chi connectivity index (χ3n) is 3.88. The van der Waals surface area contributed by atoms with E-state index in [1.807, 2.05) is 7.05 Å². The number of hydrogen-bond acceptors (Lipinski definition) is 3. The molecular formula is C12H27N3. The normalized spacial score (nSPS) is 21.8. The molecule has 0 amide bonds. The van der Waals surface area contributed by atoms with E-state index >= 15 is 0 Å². The minimum absolute atomic E-state index is 0.461. The van der Waals surface area contributed by atoms with Crippen LogP contribution in [-0.4, -0.2) is 62.7 Å². The fourth-order valence-electron chi connectivity index (χ4n) is 2.46. The van der Waals surface area contributed by atoms with E-state index in [1.165, 1.54) is 25.8 Å². The first-order valence-electron chi connectivity index (χ1n) is 6.03. The number of hydrogen-bond donors (Lipinski definition) is 1. The standard InChI is InChI=1S/C12H27N3/c1-11(13-2)9-15(5)10-12(14(3)4)7-6-8-12/h11,13H,6-10H2,1-5H3. The van der Waals surface area contributed by atoms with Crippen LogP contribution in [0, 0.1) is 0 Å². The third kappa shape index (κ3) is 3.16. The lowest BCUT2D eigenvalue weighted by Crippen LogP contribution is -2.57. The largest absolute Gasteiger partial charge is 0.316 e. The van der Waals surface area contributed by atoms with Crippen LogP contribution in [0.25, 0.3) is 0 Å². The van der Waals surface area contributed by atoms with Gasteiger partial charge in [-0.2, -0.15) is 0 Å². The van der Waals surface area contributed by atoms with Crippen LogP contribution in [0.1, 0.15) is 26.2 Å². The number of nitrogens with one attached hydrogen (secondary N) is 1. The second-order valence-corrected chi connectivity index (χ2v) is 5.36. The lowest BCUT2D eigenvalue weighted by molar-refractivity contribution is 0.0262. The first-order valence-corrected chi connectivity index (χ1v) is 6.03. The lowest BCUT2D eigenvalue weighted by atomic mass is 9.75. The first kappa shape index (κ1) is 12.9. The molecule has 1 saturated carbocycles. The second kappa shape index (κ2) is 5.28. The van der Waals surface area contributed by atoms with Gasteiger partial charge < -0.3 is 15.1 Å². The molecule has 3 heteroatoms. The molecule has 1 atom stereocenters. The summed E-state index contributed by atoms with van der Waals surface area (Å²) in [6.45, 7) is 4.57. The van der Waals surface area contributed by atoms with Gasteiger partial charge in [0.25, 0.3) is 0 Å². The van der Waals surface area contributed by atoms with Crippen LogP contribution in [0.2, 0.25) is 0 Å². The van der Waals surface area contributed by atoms with Gasteiger partial charge in [-0.05, 0) is 54.4 Å². The van der Waals surface area contributed by atoms with Crippen molar-refractivity contribution < 1.29 is 0 Å². The molecule has 0 spiro atoms. The summed E-state index contributed by atoms with van der Waals surface area (Å²) in [4.78, 5) is 4.87. The van der Waals surface area contributed by atoms with E-state index in [9.17, 15) is 0 Å². The van der Waals surface area contributed by atoms with E-state index in [0.29, 0.717) is 11.6 Å². The molecule has 90 valence electrons. The van der Waals surface area contributed by atoms with Crippen LogP contribution in [0.3, 0.4) is 0 Å². The van der Waals surface area contributed by atoms with E-state index in [-0.39, 0.29) is 0 Å². The molecule has 0 radical (unpaired) electrons. The molecule has 1 rings (SSSR count). The van der Waals surface area contributed by atoms with Crippen molar-refractivity contribution in [2.45, 2.75) is 37.8 Å². The maximum Gasteiger partial charge on any atom is 0.0330 e. The van der Waals surface area contributed by atoms with Gasteiger partial charge in [0.2, 0.25) is 0 Å². The summed E-state index contributed by atoms with van der Waals surface area (Å²) in [6, 6.07) is 0.578. The zero-order valence-corrected chi connectivity index (χ0v) is 11.0. The van der Waals surface area contributed by atoms with Gasteiger partial charge in [-0.25, -0.2) is 0 Å². The van der Waals surface area contributed by atoms with Crippen LogP contribution in [0.4, 0.5) is 0 Å². The number of nitrogens with zero attached hydrogens (tertiary/aromatic N) is 2. The Balaban J connectivity index is 2.38. The molecule has 0 aromatic heterocycles. The minimum atomic E-state index is 0.461. The number of rotatable bonds is 6. The maximum atomic E-state index is 3.29. The highest BCUT2D eigenvalue weighted by Gasteiger charge is 2.39. The van der Waals surface area contributed by atoms with Gasteiger partial charge >= 0.3 is 0 Å². The molecule has 0 aromatic rings. The van der Waals surface area contributed by atoms with Gasteiger partial charge in [-0.15, -0.1) is 0 Å². The van der Waals surface area contributed by atoms with E-state index < -0.39 is 0 Å². The Morgan fingerprint density at radius 3 is 2.20 bits per heavy atom. The fraction of sp³-hybridized carbons (Fsp3) is 1.00. The quantitative estimate of drug-likeness (QED) is 0.710. The number of likely N-dealkylation sites (N-methyl/N-ethyl adjacent to an activating group) is 3. The Morgan fingerprint density at radius 2 is 1.87 bits per heavy atom. The van der Waals surface area contributed by atoms with E-state index in [4.69, 9.17) is 0 Å². The molecule has 1 aliphatic rings. The smallest absolute Gasteiger partial charge is 0.0330 e. The average molecular weight is 213 g/mol. The van der Waals surface area contributed by atoms with Gasteiger partial charge in [0.05, 0.1) is 0 Å². The molecule has 0 heterocycles. The molecule has 15 heavy (non-hydrogen) atoms. The van der Waals surface area contributed by atoms with Crippen molar-refractivity contribution in [2.24, 2.45) is 0 Å². The Morgan fingerprint density at radius 1 is 1.27 bits per heavy atom. The second-order valence-electron chi connectivity index (χ2n) is 5.36. The van der Waals surface area contributed by atoms with Crippen LogP contribution in [0.5, 0.6) is 0 Å². The van der Waals surface area contributed by atoms with Crippen LogP contribution < -0.4 is 5.32 Å². The monoisotopic (exact) mass is 213 g/mol. The summed E-state index contributed by atoms with van der Waals surface area (Å²) < 4.78 is 0. The maximum absolute atomic E-state index is 3.29. The summed E-state index contributed by atoms with van der Waals surface area (Å²) in [6.07, 6.45) is 4.12. The zero-order valence-electron chi connectivity index (χ0n) is 11.0. The van der Waals surface area contributed by atoms with Gasteiger partial charge in [0.1, 0.15) is 0 Å². The molecule has 1 fully saturated rings. The molecule has 1 N–H and O–H groups in total. The highest BCUT2D eigenvalue weighted by molar-refractivity contribution is 4.98. The van der Waals surface area contributed by atoms with Gasteiger partial charge in [0.15, 0.2) is 0 Å². The molecule has 3 nitrogen and oxygen atoms in total. The SMILES string of the molecule is CNC(C)CN(C)CC1(N(C)C)CCC1. The Labute approximate surface area is 94.8 Å². The van der Waals surface area contributed by atoms with Crippen LogP contribution >= 0.6 is 0 Å². The molecule has 1 aliphatic carbocycles. The summed E-state index contributed by atoms with van der Waals surface area (Å²) in [5.41, 5.74) is 0.461. The highest BCUT2D eigenvalue weighted by Crippen LogP contribution is 2.36. The van der Waals surface area contributed by atoms with Crippen LogP contribution in [-0.2, 0) is 0 Å². The Hall–Kier alpha value is -0.120. The molecule has 0 saturated heterocycles. The summed E-state index contributed by atoms with van der Waals surface area (Å²) in [5, 5.41) is 3.29. The van der Waals surface area contributed by atoms with Crippen molar-refractivity contribution >= 4 is 0 Å². The Kier molecular flexibility index (Phi) is 4.56. The van der Waals surface area contributed by atoms with Crippen LogP contribution in [0.15, 0.2) is 0 Å². The van der Waals surface area contributed by atoms with Gasteiger partial charge in [-0.3, -0.25) is 0 Å². The predicted octanol–water partition coefficient (Wildman–Crippen LogP) is 1.01. The van der Waals surface area contributed by atoms with Crippen molar-refractivity contribution in [1.29, 1.82) is 0 Å². The topological polar surface area (TPSA) is 18.5 Å². The van der Waals surface area contributed by atoms with E-state index in [0.717, 1.165) is 6.54 Å². The van der Waals surface area contributed by atoms with E-state index in [1.54, 1.807) is 0 Å².